The van der Waals surface area contributed by atoms with E-state index in [1.807, 2.05) is 30.1 Å². The molecule has 0 saturated heterocycles. The van der Waals surface area contributed by atoms with E-state index in [1.165, 1.54) is 0 Å². The maximum atomic E-state index is 12.6. The van der Waals surface area contributed by atoms with Gasteiger partial charge in [-0.2, -0.15) is 0 Å². The molecule has 1 saturated carbocycles. The summed E-state index contributed by atoms with van der Waals surface area (Å²) in [4.78, 5) is 14.4. The number of nitrogens with one attached hydrogen (secondary N) is 1. The normalized spacial score (nSPS) is 21.8. The highest BCUT2D eigenvalue weighted by atomic mass is 16.3. The first-order chi connectivity index (χ1) is 10.8. The lowest BCUT2D eigenvalue weighted by molar-refractivity contribution is 0.139. The SMILES string of the molecule is CN(C(=O)Nc1ccccc1C(C)(C)C)C1CCC(CO)CC1. The van der Waals surface area contributed by atoms with E-state index in [9.17, 15) is 9.90 Å². The maximum Gasteiger partial charge on any atom is 0.321 e. The Labute approximate surface area is 139 Å². The molecule has 0 bridgehead atoms. The number of amides is 2. The fourth-order valence-corrected chi connectivity index (χ4v) is 3.33. The van der Waals surface area contributed by atoms with Gasteiger partial charge in [0.15, 0.2) is 0 Å². The quantitative estimate of drug-likeness (QED) is 0.885. The van der Waals surface area contributed by atoms with Gasteiger partial charge in [-0.3, -0.25) is 0 Å². The zero-order valence-corrected chi connectivity index (χ0v) is 14.8. The molecule has 0 aromatic heterocycles. The summed E-state index contributed by atoms with van der Waals surface area (Å²) < 4.78 is 0. The zero-order valence-electron chi connectivity index (χ0n) is 14.8. The van der Waals surface area contributed by atoms with Gasteiger partial charge in [-0.1, -0.05) is 39.0 Å². The Balaban J connectivity index is 2.02. The monoisotopic (exact) mass is 318 g/mol. The van der Waals surface area contributed by atoms with Gasteiger partial charge < -0.3 is 15.3 Å². The van der Waals surface area contributed by atoms with Crippen molar-refractivity contribution in [1.82, 2.24) is 4.90 Å². The number of benzene rings is 1. The number of hydrogen-bond acceptors (Lipinski definition) is 2. The maximum absolute atomic E-state index is 12.6. The van der Waals surface area contributed by atoms with Gasteiger partial charge in [-0.25, -0.2) is 4.79 Å². The molecule has 0 unspecified atom stereocenters. The van der Waals surface area contributed by atoms with Crippen LogP contribution >= 0.6 is 0 Å². The fourth-order valence-electron chi connectivity index (χ4n) is 3.33. The fraction of sp³-hybridized carbons (Fsp3) is 0.632. The summed E-state index contributed by atoms with van der Waals surface area (Å²) in [6.45, 7) is 6.72. The van der Waals surface area contributed by atoms with Crippen LogP contribution in [0.5, 0.6) is 0 Å². The van der Waals surface area contributed by atoms with Crippen molar-refractivity contribution in [2.24, 2.45) is 5.92 Å². The topological polar surface area (TPSA) is 52.6 Å². The molecule has 1 aliphatic carbocycles. The standard InChI is InChI=1S/C19H30N2O2/c1-19(2,3)16-7-5-6-8-17(16)20-18(23)21(4)15-11-9-14(13-22)10-12-15/h5-8,14-15,22H,9-13H2,1-4H3,(H,20,23). The van der Waals surface area contributed by atoms with Gasteiger partial charge in [0.2, 0.25) is 0 Å². The Morgan fingerprint density at radius 2 is 1.83 bits per heavy atom. The molecule has 0 atom stereocenters. The van der Waals surface area contributed by atoms with Gasteiger partial charge in [0, 0.05) is 25.4 Å². The molecule has 0 radical (unpaired) electrons. The first-order valence-corrected chi connectivity index (χ1v) is 8.57. The van der Waals surface area contributed by atoms with Crippen molar-refractivity contribution in [3.05, 3.63) is 29.8 Å². The number of aliphatic hydroxyl groups excluding tert-OH is 1. The summed E-state index contributed by atoms with van der Waals surface area (Å²) in [6, 6.07) is 8.22. The van der Waals surface area contributed by atoms with Crippen LogP contribution in [0.15, 0.2) is 24.3 Å². The molecule has 0 spiro atoms. The molecule has 1 fully saturated rings. The van der Waals surface area contributed by atoms with Crippen molar-refractivity contribution >= 4 is 11.7 Å². The van der Waals surface area contributed by atoms with Crippen LogP contribution in [0.25, 0.3) is 0 Å². The third kappa shape index (κ3) is 4.47. The van der Waals surface area contributed by atoms with E-state index in [1.54, 1.807) is 0 Å². The number of hydrogen-bond donors (Lipinski definition) is 2. The van der Waals surface area contributed by atoms with Gasteiger partial charge in [-0.15, -0.1) is 0 Å². The molecule has 1 aromatic carbocycles. The van der Waals surface area contributed by atoms with E-state index >= 15 is 0 Å². The summed E-state index contributed by atoms with van der Waals surface area (Å²) >= 11 is 0. The van der Waals surface area contributed by atoms with Crippen LogP contribution in [0.2, 0.25) is 0 Å². The van der Waals surface area contributed by atoms with Crippen molar-refractivity contribution in [2.75, 3.05) is 19.0 Å². The molecule has 0 heterocycles. The molecule has 4 heteroatoms. The summed E-state index contributed by atoms with van der Waals surface area (Å²) in [6.07, 6.45) is 3.93. The predicted molar refractivity (Wildman–Crippen MR) is 94.8 cm³/mol. The molecule has 2 amide bonds. The zero-order chi connectivity index (χ0) is 17.0. The molecule has 4 nitrogen and oxygen atoms in total. The smallest absolute Gasteiger partial charge is 0.321 e. The molecule has 1 aromatic rings. The minimum absolute atomic E-state index is 0.0123. The highest BCUT2D eigenvalue weighted by Gasteiger charge is 2.27. The third-order valence-corrected chi connectivity index (χ3v) is 4.92. The van der Waals surface area contributed by atoms with Crippen LogP contribution in [-0.4, -0.2) is 35.7 Å². The van der Waals surface area contributed by atoms with E-state index < -0.39 is 0 Å². The number of urea groups is 1. The van der Waals surface area contributed by atoms with Crippen molar-refractivity contribution in [3.8, 4) is 0 Å². The Kier molecular flexibility index (Phi) is 5.69. The number of rotatable bonds is 3. The van der Waals surface area contributed by atoms with Crippen LogP contribution in [0.3, 0.4) is 0 Å². The molecular weight excluding hydrogens is 288 g/mol. The number of aliphatic hydroxyl groups is 1. The Hall–Kier alpha value is -1.55. The van der Waals surface area contributed by atoms with Crippen LogP contribution in [0.1, 0.15) is 52.0 Å². The van der Waals surface area contributed by atoms with Crippen molar-refractivity contribution in [3.63, 3.8) is 0 Å². The van der Waals surface area contributed by atoms with Gasteiger partial charge in [0.1, 0.15) is 0 Å². The van der Waals surface area contributed by atoms with Crippen LogP contribution in [-0.2, 0) is 5.41 Å². The number of anilines is 1. The summed E-state index contributed by atoms with van der Waals surface area (Å²) in [7, 11) is 1.87. The molecule has 1 aliphatic rings. The first-order valence-electron chi connectivity index (χ1n) is 8.57. The molecular formula is C19H30N2O2. The van der Waals surface area contributed by atoms with Crippen LogP contribution in [0, 0.1) is 5.92 Å². The molecule has 23 heavy (non-hydrogen) atoms. The van der Waals surface area contributed by atoms with Crippen molar-refractivity contribution in [2.45, 2.75) is 57.9 Å². The lowest BCUT2D eigenvalue weighted by atomic mass is 9.85. The van der Waals surface area contributed by atoms with Gasteiger partial charge in [0.25, 0.3) is 0 Å². The number of carbonyl (C=O) groups excluding carboxylic acids is 1. The number of carbonyl (C=O) groups is 1. The second kappa shape index (κ2) is 7.35. The Morgan fingerprint density at radius 1 is 1.22 bits per heavy atom. The molecule has 128 valence electrons. The average molecular weight is 318 g/mol. The first kappa shape index (κ1) is 17.8. The predicted octanol–water partition coefficient (Wildman–Crippen LogP) is 4.00. The van der Waals surface area contributed by atoms with Crippen molar-refractivity contribution < 1.29 is 9.90 Å². The minimum Gasteiger partial charge on any atom is -0.396 e. The summed E-state index contributed by atoms with van der Waals surface area (Å²) in [5.74, 6) is 0.407. The lowest BCUT2D eigenvalue weighted by Gasteiger charge is -2.34. The highest BCUT2D eigenvalue weighted by molar-refractivity contribution is 5.90. The van der Waals surface area contributed by atoms with E-state index in [-0.39, 0.29) is 24.1 Å². The molecule has 2 rings (SSSR count). The lowest BCUT2D eigenvalue weighted by Crippen LogP contribution is -2.42. The third-order valence-electron chi connectivity index (χ3n) is 4.92. The van der Waals surface area contributed by atoms with Gasteiger partial charge >= 0.3 is 6.03 Å². The average Bonchev–Trinajstić information content (AvgIpc) is 2.53. The highest BCUT2D eigenvalue weighted by Crippen LogP contribution is 2.30. The Morgan fingerprint density at radius 3 is 2.39 bits per heavy atom. The van der Waals surface area contributed by atoms with Gasteiger partial charge in [0.05, 0.1) is 0 Å². The second-order valence-electron chi connectivity index (χ2n) is 7.69. The van der Waals surface area contributed by atoms with E-state index in [2.05, 4.69) is 32.2 Å². The van der Waals surface area contributed by atoms with E-state index in [0.29, 0.717) is 5.92 Å². The summed E-state index contributed by atoms with van der Waals surface area (Å²) in [5, 5.41) is 12.3. The van der Waals surface area contributed by atoms with Crippen LogP contribution in [0.4, 0.5) is 10.5 Å². The minimum atomic E-state index is -0.0471. The Bertz CT molecular complexity index is 528. The number of para-hydroxylation sites is 1. The largest absolute Gasteiger partial charge is 0.396 e. The van der Waals surface area contributed by atoms with E-state index in [0.717, 1.165) is 36.9 Å². The van der Waals surface area contributed by atoms with Gasteiger partial charge in [-0.05, 0) is 48.6 Å². The number of nitrogens with zero attached hydrogens (tertiary/aromatic N) is 1. The second-order valence-corrected chi connectivity index (χ2v) is 7.69. The molecule has 2 N–H and O–H groups in total. The van der Waals surface area contributed by atoms with Crippen molar-refractivity contribution in [1.29, 1.82) is 0 Å². The van der Waals surface area contributed by atoms with E-state index in [4.69, 9.17) is 0 Å². The van der Waals surface area contributed by atoms with Crippen LogP contribution < -0.4 is 5.32 Å². The molecule has 0 aliphatic heterocycles. The summed E-state index contributed by atoms with van der Waals surface area (Å²) in [5.41, 5.74) is 2.02.